The molecule has 0 aliphatic rings. The van der Waals surface area contributed by atoms with Crippen LogP contribution in [0.3, 0.4) is 0 Å². The predicted molar refractivity (Wildman–Crippen MR) is 77.9 cm³/mol. The third-order valence-corrected chi connectivity index (χ3v) is 3.80. The van der Waals surface area contributed by atoms with E-state index in [2.05, 4.69) is 0 Å². The number of hydrogen-bond acceptors (Lipinski definition) is 3. The van der Waals surface area contributed by atoms with Crippen molar-refractivity contribution in [2.45, 2.75) is 6.92 Å². The summed E-state index contributed by atoms with van der Waals surface area (Å²) in [4.78, 5) is 15.5. The van der Waals surface area contributed by atoms with Crippen molar-refractivity contribution in [1.29, 1.82) is 0 Å². The summed E-state index contributed by atoms with van der Waals surface area (Å²) < 4.78 is 18.2. The first-order valence-corrected chi connectivity index (χ1v) is 7.08. The van der Waals surface area contributed by atoms with Gasteiger partial charge in [0.1, 0.15) is 18.2 Å². The number of hydrogen-bond donors (Lipinski definition) is 0. The molecule has 20 heavy (non-hydrogen) atoms. The van der Waals surface area contributed by atoms with Gasteiger partial charge in [-0.1, -0.05) is 0 Å². The molecule has 0 aliphatic heterocycles. The van der Waals surface area contributed by atoms with E-state index in [1.165, 1.54) is 23.5 Å². The Kier molecular flexibility index (Phi) is 4.74. The third kappa shape index (κ3) is 3.81. The van der Waals surface area contributed by atoms with Crippen molar-refractivity contribution in [1.82, 2.24) is 4.90 Å². The number of halogens is 1. The van der Waals surface area contributed by atoms with Gasteiger partial charge in [0.05, 0.1) is 11.4 Å². The Labute approximate surface area is 121 Å². The van der Waals surface area contributed by atoms with Crippen molar-refractivity contribution in [2.24, 2.45) is 0 Å². The average molecular weight is 293 g/mol. The largest absolute Gasteiger partial charge is 0.492 e. The van der Waals surface area contributed by atoms with Crippen molar-refractivity contribution in [2.75, 3.05) is 20.2 Å². The molecule has 0 spiro atoms. The molecule has 1 heterocycles. The van der Waals surface area contributed by atoms with E-state index in [9.17, 15) is 9.18 Å². The summed E-state index contributed by atoms with van der Waals surface area (Å²) in [5, 5.41) is 0. The first-order chi connectivity index (χ1) is 9.56. The second-order valence-corrected chi connectivity index (χ2v) is 5.73. The van der Waals surface area contributed by atoms with E-state index in [0.29, 0.717) is 18.9 Å². The highest BCUT2D eigenvalue weighted by molar-refractivity contribution is 7.13. The van der Waals surface area contributed by atoms with E-state index in [1.54, 1.807) is 24.1 Å². The Bertz CT molecular complexity index is 580. The van der Waals surface area contributed by atoms with E-state index >= 15 is 0 Å². The summed E-state index contributed by atoms with van der Waals surface area (Å²) >= 11 is 1.48. The predicted octanol–water partition coefficient (Wildman–Crippen LogP) is 3.35. The molecular formula is C15H16FNO2S. The van der Waals surface area contributed by atoms with Crippen molar-refractivity contribution in [3.05, 3.63) is 52.0 Å². The molecule has 5 heteroatoms. The fourth-order valence-electron chi connectivity index (χ4n) is 1.67. The van der Waals surface area contributed by atoms with E-state index < -0.39 is 0 Å². The normalized spacial score (nSPS) is 10.3. The molecule has 0 atom stereocenters. The number of carbonyl (C=O) groups is 1. The summed E-state index contributed by atoms with van der Waals surface area (Å²) in [7, 11) is 1.74. The van der Waals surface area contributed by atoms with Crippen LogP contribution in [0.15, 0.2) is 36.4 Å². The minimum absolute atomic E-state index is 0.00851. The summed E-state index contributed by atoms with van der Waals surface area (Å²) in [5.74, 6) is 0.294. The van der Waals surface area contributed by atoms with Crippen LogP contribution in [0, 0.1) is 12.7 Å². The van der Waals surface area contributed by atoms with Crippen LogP contribution in [-0.2, 0) is 0 Å². The number of amides is 1. The molecule has 0 saturated heterocycles. The molecule has 2 rings (SSSR count). The van der Waals surface area contributed by atoms with Gasteiger partial charge >= 0.3 is 0 Å². The fourth-order valence-corrected chi connectivity index (χ4v) is 2.53. The molecule has 2 aromatic rings. The molecule has 0 unspecified atom stereocenters. The smallest absolute Gasteiger partial charge is 0.263 e. The maximum atomic E-state index is 12.7. The van der Waals surface area contributed by atoms with Gasteiger partial charge < -0.3 is 9.64 Å². The van der Waals surface area contributed by atoms with Crippen LogP contribution in [0.1, 0.15) is 14.5 Å². The zero-order chi connectivity index (χ0) is 14.5. The van der Waals surface area contributed by atoms with Crippen molar-refractivity contribution < 1.29 is 13.9 Å². The van der Waals surface area contributed by atoms with Crippen LogP contribution in [0.2, 0.25) is 0 Å². The Balaban J connectivity index is 1.81. The molecule has 0 fully saturated rings. The highest BCUT2D eigenvalue weighted by Gasteiger charge is 2.13. The van der Waals surface area contributed by atoms with Gasteiger partial charge in [-0.3, -0.25) is 4.79 Å². The van der Waals surface area contributed by atoms with Gasteiger partial charge in [-0.2, -0.15) is 0 Å². The second-order valence-electron chi connectivity index (χ2n) is 4.44. The first kappa shape index (κ1) is 14.5. The zero-order valence-electron chi connectivity index (χ0n) is 11.4. The number of rotatable bonds is 5. The lowest BCUT2D eigenvalue weighted by molar-refractivity contribution is 0.0778. The molecule has 0 aliphatic carbocycles. The van der Waals surface area contributed by atoms with E-state index in [-0.39, 0.29) is 11.7 Å². The molecular weight excluding hydrogens is 277 g/mol. The molecule has 3 nitrogen and oxygen atoms in total. The summed E-state index contributed by atoms with van der Waals surface area (Å²) in [6.45, 7) is 2.82. The maximum absolute atomic E-state index is 12.7. The molecule has 0 saturated carbocycles. The topological polar surface area (TPSA) is 29.5 Å². The Morgan fingerprint density at radius 1 is 1.25 bits per heavy atom. The van der Waals surface area contributed by atoms with Gasteiger partial charge in [0.25, 0.3) is 5.91 Å². The minimum Gasteiger partial charge on any atom is -0.492 e. The molecule has 106 valence electrons. The van der Waals surface area contributed by atoms with Gasteiger partial charge in [0.2, 0.25) is 0 Å². The van der Waals surface area contributed by atoms with Gasteiger partial charge in [0.15, 0.2) is 0 Å². The number of benzene rings is 1. The van der Waals surface area contributed by atoms with Crippen LogP contribution >= 0.6 is 11.3 Å². The Morgan fingerprint density at radius 3 is 2.55 bits per heavy atom. The SMILES string of the molecule is Cc1ccc(C(=O)N(C)CCOc2ccc(F)cc2)s1. The van der Waals surface area contributed by atoms with Crippen LogP contribution in [-0.4, -0.2) is 31.0 Å². The van der Waals surface area contributed by atoms with Crippen LogP contribution in [0.4, 0.5) is 4.39 Å². The highest BCUT2D eigenvalue weighted by atomic mass is 32.1. The number of thiophene rings is 1. The lowest BCUT2D eigenvalue weighted by Gasteiger charge is -2.16. The van der Waals surface area contributed by atoms with Gasteiger partial charge in [0, 0.05) is 11.9 Å². The minimum atomic E-state index is -0.294. The Morgan fingerprint density at radius 2 is 1.95 bits per heavy atom. The molecule has 0 radical (unpaired) electrons. The average Bonchev–Trinajstić information content (AvgIpc) is 2.86. The monoisotopic (exact) mass is 293 g/mol. The number of ether oxygens (including phenoxy) is 1. The van der Waals surface area contributed by atoms with E-state index in [0.717, 1.165) is 9.75 Å². The van der Waals surface area contributed by atoms with Gasteiger partial charge in [-0.05, 0) is 43.3 Å². The molecule has 0 N–H and O–H groups in total. The standard InChI is InChI=1S/C15H16FNO2S/c1-11-3-8-14(20-11)15(18)17(2)9-10-19-13-6-4-12(16)5-7-13/h3-8H,9-10H2,1-2H3. The second kappa shape index (κ2) is 6.52. The maximum Gasteiger partial charge on any atom is 0.263 e. The van der Waals surface area contributed by atoms with Crippen molar-refractivity contribution >= 4 is 17.2 Å². The number of likely N-dealkylation sites (N-methyl/N-ethyl adjacent to an activating group) is 1. The number of aryl methyl sites for hydroxylation is 1. The molecule has 1 amide bonds. The Hall–Kier alpha value is -1.88. The van der Waals surface area contributed by atoms with Gasteiger partial charge in [-0.15, -0.1) is 11.3 Å². The van der Waals surface area contributed by atoms with Gasteiger partial charge in [-0.25, -0.2) is 4.39 Å². The van der Waals surface area contributed by atoms with Crippen LogP contribution in [0.5, 0.6) is 5.75 Å². The lowest BCUT2D eigenvalue weighted by atomic mass is 10.3. The summed E-state index contributed by atoms with van der Waals surface area (Å²) in [5.41, 5.74) is 0. The fraction of sp³-hybridized carbons (Fsp3) is 0.267. The van der Waals surface area contributed by atoms with E-state index in [1.807, 2.05) is 19.1 Å². The number of nitrogens with zero attached hydrogens (tertiary/aromatic N) is 1. The lowest BCUT2D eigenvalue weighted by Crippen LogP contribution is -2.30. The molecule has 0 bridgehead atoms. The number of carbonyl (C=O) groups excluding carboxylic acids is 1. The molecule has 1 aromatic carbocycles. The molecule has 1 aromatic heterocycles. The van der Waals surface area contributed by atoms with Crippen LogP contribution in [0.25, 0.3) is 0 Å². The first-order valence-electron chi connectivity index (χ1n) is 6.26. The van der Waals surface area contributed by atoms with Crippen molar-refractivity contribution in [3.63, 3.8) is 0 Å². The summed E-state index contributed by atoms with van der Waals surface area (Å²) in [6, 6.07) is 9.59. The van der Waals surface area contributed by atoms with Crippen molar-refractivity contribution in [3.8, 4) is 5.75 Å². The van der Waals surface area contributed by atoms with E-state index in [4.69, 9.17) is 4.74 Å². The quantitative estimate of drug-likeness (QED) is 0.846. The third-order valence-electron chi connectivity index (χ3n) is 2.81. The van der Waals surface area contributed by atoms with Crippen LogP contribution < -0.4 is 4.74 Å². The summed E-state index contributed by atoms with van der Waals surface area (Å²) in [6.07, 6.45) is 0. The highest BCUT2D eigenvalue weighted by Crippen LogP contribution is 2.16. The zero-order valence-corrected chi connectivity index (χ0v) is 12.2.